The second kappa shape index (κ2) is 6.01. The smallest absolute Gasteiger partial charge is 0.0406 e. The third-order valence-electron chi connectivity index (χ3n) is 2.06. The van der Waals surface area contributed by atoms with E-state index in [1.807, 2.05) is 19.2 Å². The number of rotatable bonds is 5. The minimum atomic E-state index is 0. The van der Waals surface area contributed by atoms with Gasteiger partial charge >= 0.3 is 0 Å². The van der Waals surface area contributed by atoms with Gasteiger partial charge in [0.05, 0.1) is 0 Å². The Morgan fingerprint density at radius 2 is 1.92 bits per heavy atom. The maximum absolute atomic E-state index is 5.79. The predicted octanol–water partition coefficient (Wildman–Crippen LogP) is 3.13. The van der Waals surface area contributed by atoms with Crippen LogP contribution in [0.4, 0.5) is 0 Å². The molecule has 0 unspecified atom stereocenters. The summed E-state index contributed by atoms with van der Waals surface area (Å²) in [5, 5.41) is 3.96. The zero-order valence-corrected chi connectivity index (χ0v) is 8.77. The van der Waals surface area contributed by atoms with Gasteiger partial charge in [-0.3, -0.25) is 0 Å². The van der Waals surface area contributed by atoms with E-state index < -0.39 is 0 Å². The zero-order valence-electron chi connectivity index (χ0n) is 8.02. The molecule has 0 fully saturated rings. The summed E-state index contributed by atoms with van der Waals surface area (Å²) in [5.74, 6) is 0. The third kappa shape index (κ3) is 4.30. The van der Waals surface area contributed by atoms with E-state index in [1.165, 1.54) is 18.4 Å². The second-order valence-electron chi connectivity index (χ2n) is 3.19. The molecule has 0 aromatic heterocycles. The Balaban J connectivity index is 0.00000169. The maximum atomic E-state index is 5.79. The SMILES string of the molecule is CNCCCCc1ccc(Cl)cc1.[HH]. The third-order valence-corrected chi connectivity index (χ3v) is 2.31. The van der Waals surface area contributed by atoms with E-state index >= 15 is 0 Å². The number of nitrogens with one attached hydrogen (secondary N) is 1. The molecule has 1 aromatic carbocycles. The number of benzene rings is 1. The number of halogens is 1. The maximum Gasteiger partial charge on any atom is 0.0406 e. The minimum Gasteiger partial charge on any atom is -0.320 e. The fraction of sp³-hybridized carbons (Fsp3) is 0.455. The standard InChI is InChI=1S/C11H16ClN.H2/c1-13-9-3-2-4-10-5-7-11(12)8-6-10;/h5-8,13H,2-4,9H2,1H3;1H. The van der Waals surface area contributed by atoms with E-state index in [4.69, 9.17) is 11.6 Å². The van der Waals surface area contributed by atoms with E-state index in [9.17, 15) is 0 Å². The van der Waals surface area contributed by atoms with Crippen molar-refractivity contribution in [2.75, 3.05) is 13.6 Å². The van der Waals surface area contributed by atoms with Crippen molar-refractivity contribution in [1.82, 2.24) is 5.32 Å². The molecule has 0 saturated heterocycles. The van der Waals surface area contributed by atoms with Gasteiger partial charge in [-0.15, -0.1) is 0 Å². The Kier molecular flexibility index (Phi) is 4.87. The van der Waals surface area contributed by atoms with E-state index in [0.717, 1.165) is 18.0 Å². The van der Waals surface area contributed by atoms with Crippen LogP contribution in [0.2, 0.25) is 5.02 Å². The first kappa shape index (κ1) is 10.6. The molecule has 0 spiro atoms. The van der Waals surface area contributed by atoms with Gasteiger partial charge < -0.3 is 5.32 Å². The van der Waals surface area contributed by atoms with Crippen molar-refractivity contribution in [3.63, 3.8) is 0 Å². The average molecular weight is 200 g/mol. The van der Waals surface area contributed by atoms with Crippen LogP contribution in [-0.4, -0.2) is 13.6 Å². The number of hydrogen-bond donors (Lipinski definition) is 1. The highest BCUT2D eigenvalue weighted by atomic mass is 35.5. The lowest BCUT2D eigenvalue weighted by Crippen LogP contribution is -2.07. The molecular formula is C11H18ClN. The fourth-order valence-corrected chi connectivity index (χ4v) is 1.41. The van der Waals surface area contributed by atoms with Crippen LogP contribution >= 0.6 is 11.6 Å². The van der Waals surface area contributed by atoms with Gasteiger partial charge in [0.1, 0.15) is 0 Å². The zero-order chi connectivity index (χ0) is 9.52. The molecule has 0 heterocycles. The molecule has 1 N–H and O–H groups in total. The lowest BCUT2D eigenvalue weighted by Gasteiger charge is -2.01. The van der Waals surface area contributed by atoms with E-state index in [0.29, 0.717) is 0 Å². The van der Waals surface area contributed by atoms with Crippen LogP contribution in [-0.2, 0) is 6.42 Å². The van der Waals surface area contributed by atoms with Gasteiger partial charge in [-0.1, -0.05) is 23.7 Å². The minimum absolute atomic E-state index is 0. The summed E-state index contributed by atoms with van der Waals surface area (Å²) >= 11 is 5.79. The van der Waals surface area contributed by atoms with Gasteiger partial charge in [0.25, 0.3) is 0 Å². The fourth-order valence-electron chi connectivity index (χ4n) is 1.28. The normalized spacial score (nSPS) is 10.3. The van der Waals surface area contributed by atoms with Gasteiger partial charge in [-0.2, -0.15) is 0 Å². The highest BCUT2D eigenvalue weighted by Crippen LogP contribution is 2.11. The van der Waals surface area contributed by atoms with Gasteiger partial charge in [0.2, 0.25) is 0 Å². The molecule has 0 amide bonds. The lowest BCUT2D eigenvalue weighted by molar-refractivity contribution is 0.677. The molecule has 1 rings (SSSR count). The van der Waals surface area contributed by atoms with E-state index in [1.54, 1.807) is 0 Å². The molecule has 13 heavy (non-hydrogen) atoms. The van der Waals surface area contributed by atoms with Crippen LogP contribution in [0, 0.1) is 0 Å². The summed E-state index contributed by atoms with van der Waals surface area (Å²) < 4.78 is 0. The molecule has 1 nitrogen and oxygen atoms in total. The van der Waals surface area contributed by atoms with Crippen molar-refractivity contribution >= 4 is 11.6 Å². The topological polar surface area (TPSA) is 12.0 Å². The summed E-state index contributed by atoms with van der Waals surface area (Å²) in [6.45, 7) is 1.10. The van der Waals surface area contributed by atoms with Crippen LogP contribution in [0.1, 0.15) is 19.8 Å². The van der Waals surface area contributed by atoms with Gasteiger partial charge in [0.15, 0.2) is 0 Å². The molecule has 0 bridgehead atoms. The summed E-state index contributed by atoms with van der Waals surface area (Å²) in [7, 11) is 1.99. The lowest BCUT2D eigenvalue weighted by atomic mass is 10.1. The first-order chi connectivity index (χ1) is 6.33. The van der Waals surface area contributed by atoms with E-state index in [-0.39, 0.29) is 1.43 Å². The molecule has 0 aliphatic rings. The summed E-state index contributed by atoms with van der Waals surface area (Å²) in [6, 6.07) is 8.10. The first-order valence-corrected chi connectivity index (χ1v) is 5.10. The Morgan fingerprint density at radius 3 is 2.54 bits per heavy atom. The van der Waals surface area contributed by atoms with E-state index in [2.05, 4.69) is 17.4 Å². The van der Waals surface area contributed by atoms with Crippen molar-refractivity contribution in [2.24, 2.45) is 0 Å². The monoisotopic (exact) mass is 199 g/mol. The molecular weight excluding hydrogens is 182 g/mol. The quantitative estimate of drug-likeness (QED) is 0.719. The molecule has 0 aliphatic heterocycles. The number of hydrogen-bond acceptors (Lipinski definition) is 1. The van der Waals surface area contributed by atoms with Gasteiger partial charge in [-0.05, 0) is 50.6 Å². The Labute approximate surface area is 86.6 Å². The average Bonchev–Trinajstić information content (AvgIpc) is 2.15. The summed E-state index contributed by atoms with van der Waals surface area (Å²) in [4.78, 5) is 0. The van der Waals surface area contributed by atoms with Crippen LogP contribution in [0.5, 0.6) is 0 Å². The van der Waals surface area contributed by atoms with Gasteiger partial charge in [0, 0.05) is 6.45 Å². The summed E-state index contributed by atoms with van der Waals surface area (Å²) in [5.41, 5.74) is 1.38. The molecule has 1 aromatic rings. The molecule has 2 heteroatoms. The Morgan fingerprint density at radius 1 is 1.23 bits per heavy atom. The van der Waals surface area contributed by atoms with Crippen molar-refractivity contribution in [2.45, 2.75) is 19.3 Å². The Bertz CT molecular complexity index is 236. The predicted molar refractivity (Wildman–Crippen MR) is 60.4 cm³/mol. The molecule has 0 saturated carbocycles. The number of aryl methyl sites for hydroxylation is 1. The molecule has 0 atom stereocenters. The number of unbranched alkanes of at least 4 members (excludes halogenated alkanes) is 1. The van der Waals surface area contributed by atoms with Crippen molar-refractivity contribution in [3.05, 3.63) is 34.9 Å². The van der Waals surface area contributed by atoms with Crippen LogP contribution in [0.25, 0.3) is 0 Å². The van der Waals surface area contributed by atoms with Crippen molar-refractivity contribution < 1.29 is 1.43 Å². The van der Waals surface area contributed by atoms with Crippen LogP contribution < -0.4 is 5.32 Å². The Hall–Kier alpha value is -0.530. The summed E-state index contributed by atoms with van der Waals surface area (Å²) in [6.07, 6.45) is 3.63. The molecule has 0 radical (unpaired) electrons. The molecule has 74 valence electrons. The largest absolute Gasteiger partial charge is 0.320 e. The second-order valence-corrected chi connectivity index (χ2v) is 3.62. The van der Waals surface area contributed by atoms with Crippen molar-refractivity contribution in [3.8, 4) is 0 Å². The highest BCUT2D eigenvalue weighted by Gasteiger charge is 1.92. The van der Waals surface area contributed by atoms with Crippen LogP contribution in [0.3, 0.4) is 0 Å². The highest BCUT2D eigenvalue weighted by molar-refractivity contribution is 6.30. The van der Waals surface area contributed by atoms with Crippen molar-refractivity contribution in [1.29, 1.82) is 0 Å². The van der Waals surface area contributed by atoms with Crippen LogP contribution in [0.15, 0.2) is 24.3 Å². The first-order valence-electron chi connectivity index (χ1n) is 4.72. The van der Waals surface area contributed by atoms with Gasteiger partial charge in [-0.25, -0.2) is 0 Å². The molecule has 0 aliphatic carbocycles.